The Morgan fingerprint density at radius 3 is 2.42 bits per heavy atom. The van der Waals surface area contributed by atoms with Crippen LogP contribution in [0.25, 0.3) is 0 Å². The van der Waals surface area contributed by atoms with Gasteiger partial charge in [-0.1, -0.05) is 23.7 Å². The summed E-state index contributed by atoms with van der Waals surface area (Å²) < 4.78 is 0. The highest BCUT2D eigenvalue weighted by Crippen LogP contribution is 2.27. The maximum absolute atomic E-state index is 11.1. The van der Waals surface area contributed by atoms with Gasteiger partial charge in [0.15, 0.2) is 0 Å². The summed E-state index contributed by atoms with van der Waals surface area (Å²) in [5.41, 5.74) is 6.25. The van der Waals surface area contributed by atoms with Gasteiger partial charge in [0.1, 0.15) is 6.04 Å². The lowest BCUT2D eigenvalue weighted by Crippen LogP contribution is -2.40. The van der Waals surface area contributed by atoms with Gasteiger partial charge in [-0.15, -0.1) is 0 Å². The van der Waals surface area contributed by atoms with Crippen LogP contribution in [0.4, 0.5) is 0 Å². The highest BCUT2D eigenvalue weighted by molar-refractivity contribution is 6.30. The molecule has 0 bridgehead atoms. The molecule has 1 aliphatic rings. The molecule has 1 heterocycles. The number of benzene rings is 1. The van der Waals surface area contributed by atoms with Gasteiger partial charge in [0.05, 0.1) is 6.07 Å². The Labute approximate surface area is 117 Å². The minimum atomic E-state index is -0.286. The molecule has 4 nitrogen and oxygen atoms in total. The number of halogens is 1. The second-order valence-electron chi connectivity index (χ2n) is 4.80. The second-order valence-corrected chi connectivity index (χ2v) is 5.23. The fraction of sp³-hybridized carbons (Fsp3) is 0.429. The third-order valence-electron chi connectivity index (χ3n) is 3.61. The molecule has 19 heavy (non-hydrogen) atoms. The summed E-state index contributed by atoms with van der Waals surface area (Å²) in [6.45, 7) is 1.43. The Hall–Kier alpha value is -1.57. The van der Waals surface area contributed by atoms with E-state index in [4.69, 9.17) is 17.3 Å². The van der Waals surface area contributed by atoms with Crippen LogP contribution in [-0.4, -0.2) is 23.9 Å². The van der Waals surface area contributed by atoms with Gasteiger partial charge in [0.25, 0.3) is 0 Å². The van der Waals surface area contributed by atoms with Crippen molar-refractivity contribution in [1.29, 1.82) is 5.26 Å². The normalized spacial score (nSPS) is 18.7. The molecule has 1 unspecified atom stereocenters. The Balaban J connectivity index is 2.06. The fourth-order valence-electron chi connectivity index (χ4n) is 2.45. The zero-order valence-electron chi connectivity index (χ0n) is 10.6. The first kappa shape index (κ1) is 13.9. The number of carbonyl (C=O) groups excluding carboxylic acids is 1. The van der Waals surface area contributed by atoms with E-state index in [2.05, 4.69) is 11.0 Å². The Kier molecular flexibility index (Phi) is 4.41. The first-order valence-corrected chi connectivity index (χ1v) is 6.68. The van der Waals surface area contributed by atoms with Gasteiger partial charge in [0.2, 0.25) is 5.91 Å². The van der Waals surface area contributed by atoms with Crippen molar-refractivity contribution < 1.29 is 4.79 Å². The van der Waals surface area contributed by atoms with Gasteiger partial charge < -0.3 is 5.73 Å². The van der Waals surface area contributed by atoms with Gasteiger partial charge in [0, 0.05) is 24.0 Å². The van der Waals surface area contributed by atoms with E-state index >= 15 is 0 Å². The first-order chi connectivity index (χ1) is 9.11. The molecule has 1 fully saturated rings. The molecular weight excluding hydrogens is 262 g/mol. The smallest absolute Gasteiger partial charge is 0.220 e. The number of amides is 1. The van der Waals surface area contributed by atoms with Crippen molar-refractivity contribution >= 4 is 17.5 Å². The molecular formula is C14H16ClN3O. The summed E-state index contributed by atoms with van der Waals surface area (Å²) in [7, 11) is 0. The summed E-state index contributed by atoms with van der Waals surface area (Å²) in [6.07, 6.45) is 1.45. The first-order valence-electron chi connectivity index (χ1n) is 6.30. The summed E-state index contributed by atoms with van der Waals surface area (Å²) in [5, 5.41) is 10.0. The van der Waals surface area contributed by atoms with Crippen LogP contribution in [0, 0.1) is 17.2 Å². The van der Waals surface area contributed by atoms with E-state index in [9.17, 15) is 10.1 Å². The SMILES string of the molecule is N#CC(c1ccc(Cl)cc1)N1CCC(C(N)=O)CC1. The molecule has 0 spiro atoms. The summed E-state index contributed by atoms with van der Waals surface area (Å²) in [6, 6.07) is 9.35. The van der Waals surface area contributed by atoms with Crippen LogP contribution in [0.3, 0.4) is 0 Å². The van der Waals surface area contributed by atoms with Crippen LogP contribution in [0.2, 0.25) is 5.02 Å². The Morgan fingerprint density at radius 1 is 1.37 bits per heavy atom. The van der Waals surface area contributed by atoms with Crippen molar-refractivity contribution in [2.45, 2.75) is 18.9 Å². The quantitative estimate of drug-likeness (QED) is 0.920. The lowest BCUT2D eigenvalue weighted by atomic mass is 9.94. The molecule has 1 aromatic carbocycles. The van der Waals surface area contributed by atoms with Crippen molar-refractivity contribution in [2.24, 2.45) is 11.7 Å². The molecule has 0 saturated carbocycles. The van der Waals surface area contributed by atoms with Crippen LogP contribution in [0.15, 0.2) is 24.3 Å². The molecule has 2 N–H and O–H groups in total. The van der Waals surface area contributed by atoms with Gasteiger partial charge >= 0.3 is 0 Å². The molecule has 1 saturated heterocycles. The average Bonchev–Trinajstić information content (AvgIpc) is 2.42. The van der Waals surface area contributed by atoms with E-state index in [1.54, 1.807) is 12.1 Å². The van der Waals surface area contributed by atoms with Crippen molar-refractivity contribution in [3.63, 3.8) is 0 Å². The van der Waals surface area contributed by atoms with Gasteiger partial charge in [-0.05, 0) is 30.5 Å². The number of piperidine rings is 1. The molecule has 1 aliphatic heterocycles. The van der Waals surface area contributed by atoms with Crippen LogP contribution in [0.5, 0.6) is 0 Å². The topological polar surface area (TPSA) is 70.1 Å². The van der Waals surface area contributed by atoms with Gasteiger partial charge in [-0.2, -0.15) is 5.26 Å². The fourth-order valence-corrected chi connectivity index (χ4v) is 2.58. The molecule has 1 atom stereocenters. The van der Waals surface area contributed by atoms with Gasteiger partial charge in [-0.3, -0.25) is 9.69 Å². The van der Waals surface area contributed by atoms with Crippen LogP contribution < -0.4 is 5.73 Å². The van der Waals surface area contributed by atoms with Crippen LogP contribution in [-0.2, 0) is 4.79 Å². The number of nitriles is 1. The standard InChI is InChI=1S/C14H16ClN3O/c15-12-3-1-10(2-4-12)13(9-16)18-7-5-11(6-8-18)14(17)19/h1-4,11,13H,5-8H2,(H2,17,19). The molecule has 100 valence electrons. The predicted molar refractivity (Wildman–Crippen MR) is 73.3 cm³/mol. The highest BCUT2D eigenvalue weighted by atomic mass is 35.5. The number of nitrogens with two attached hydrogens (primary N) is 1. The van der Waals surface area contributed by atoms with Crippen LogP contribution >= 0.6 is 11.6 Å². The Morgan fingerprint density at radius 2 is 1.95 bits per heavy atom. The predicted octanol–water partition coefficient (Wildman–Crippen LogP) is 2.10. The Bertz CT molecular complexity index is 486. The minimum absolute atomic E-state index is 0.0548. The van der Waals surface area contributed by atoms with Gasteiger partial charge in [-0.25, -0.2) is 0 Å². The number of primary amides is 1. The summed E-state index contributed by atoms with van der Waals surface area (Å²) in [4.78, 5) is 13.2. The lowest BCUT2D eigenvalue weighted by molar-refractivity contribution is -0.123. The number of hydrogen-bond acceptors (Lipinski definition) is 3. The van der Waals surface area contributed by atoms with E-state index < -0.39 is 0 Å². The summed E-state index contributed by atoms with van der Waals surface area (Å²) >= 11 is 5.85. The van der Waals surface area contributed by atoms with Crippen LogP contribution in [0.1, 0.15) is 24.4 Å². The number of carbonyl (C=O) groups is 1. The van der Waals surface area contributed by atoms with Crippen molar-refractivity contribution in [2.75, 3.05) is 13.1 Å². The van der Waals surface area contributed by atoms with E-state index in [0.29, 0.717) is 18.1 Å². The highest BCUT2D eigenvalue weighted by Gasteiger charge is 2.28. The molecule has 0 aromatic heterocycles. The third-order valence-corrected chi connectivity index (χ3v) is 3.86. The number of hydrogen-bond donors (Lipinski definition) is 1. The van der Waals surface area contributed by atoms with E-state index in [-0.39, 0.29) is 17.9 Å². The monoisotopic (exact) mass is 277 g/mol. The van der Waals surface area contributed by atoms with Crippen molar-refractivity contribution in [1.82, 2.24) is 4.90 Å². The summed E-state index contributed by atoms with van der Waals surface area (Å²) in [5.74, 6) is -0.291. The van der Waals surface area contributed by atoms with Crippen molar-refractivity contribution in [3.8, 4) is 6.07 Å². The molecule has 1 amide bonds. The lowest BCUT2D eigenvalue weighted by Gasteiger charge is -2.33. The third kappa shape index (κ3) is 3.25. The number of likely N-dealkylation sites (tertiary alicyclic amines) is 1. The molecule has 0 radical (unpaired) electrons. The molecule has 0 aliphatic carbocycles. The number of nitrogens with zero attached hydrogens (tertiary/aromatic N) is 2. The van der Waals surface area contributed by atoms with E-state index in [0.717, 1.165) is 18.4 Å². The zero-order valence-corrected chi connectivity index (χ0v) is 11.3. The largest absolute Gasteiger partial charge is 0.369 e. The maximum Gasteiger partial charge on any atom is 0.220 e. The average molecular weight is 278 g/mol. The second kappa shape index (κ2) is 6.05. The molecule has 5 heteroatoms. The minimum Gasteiger partial charge on any atom is -0.369 e. The van der Waals surface area contributed by atoms with Crippen molar-refractivity contribution in [3.05, 3.63) is 34.9 Å². The maximum atomic E-state index is 11.1. The molecule has 2 rings (SSSR count). The zero-order chi connectivity index (χ0) is 13.8. The molecule has 1 aromatic rings. The van der Waals surface area contributed by atoms with E-state index in [1.165, 1.54) is 0 Å². The van der Waals surface area contributed by atoms with E-state index in [1.807, 2.05) is 12.1 Å². The number of rotatable bonds is 3.